The average Bonchev–Trinajstić information content (AvgIpc) is 3.42. The Hall–Kier alpha value is -3.37. The summed E-state index contributed by atoms with van der Waals surface area (Å²) in [6.07, 6.45) is 12.5. The lowest BCUT2D eigenvalue weighted by Crippen LogP contribution is -2.59. The summed E-state index contributed by atoms with van der Waals surface area (Å²) >= 11 is 0. The fourth-order valence-corrected chi connectivity index (χ4v) is 11.8. The van der Waals surface area contributed by atoms with E-state index in [1.165, 1.54) is 30.4 Å². The summed E-state index contributed by atoms with van der Waals surface area (Å²) in [5.74, 6) is 0.866. The highest BCUT2D eigenvalue weighted by atomic mass is 32.2. The summed E-state index contributed by atoms with van der Waals surface area (Å²) in [5, 5.41) is 0.581. The predicted molar refractivity (Wildman–Crippen MR) is 187 cm³/mol. The molecule has 3 saturated carbocycles. The van der Waals surface area contributed by atoms with Gasteiger partial charge in [0.05, 0.1) is 48.8 Å². The van der Waals surface area contributed by atoms with Gasteiger partial charge >= 0.3 is 0 Å². The Kier molecular flexibility index (Phi) is 7.65. The molecule has 2 aromatic carbocycles. The SMILES string of the molecule is COc1ccc2c(c1)C1CC1(C(=O)N1C3CCC[C@@H]1COC3)Cn1c-2c(C2CCCCC2)c2ccc(C(=O)NS(=O)(=O)C3CCCC3)cc21. The number of methoxy groups -OCH3 is 1. The van der Waals surface area contributed by atoms with Crippen LogP contribution in [0.3, 0.4) is 0 Å². The van der Waals surface area contributed by atoms with Gasteiger partial charge in [-0.25, -0.2) is 13.1 Å². The van der Waals surface area contributed by atoms with E-state index in [1.54, 1.807) is 13.2 Å². The molecular weight excluding hydrogens is 639 g/mol. The number of sulfonamides is 1. The molecule has 49 heavy (non-hydrogen) atoms. The number of aromatic nitrogens is 1. The molecule has 1 aromatic heterocycles. The second kappa shape index (κ2) is 11.9. The molecule has 1 N–H and O–H groups in total. The van der Waals surface area contributed by atoms with Crippen molar-refractivity contribution >= 4 is 32.7 Å². The van der Waals surface area contributed by atoms with Gasteiger partial charge in [0.2, 0.25) is 15.9 Å². The highest BCUT2D eigenvalue weighted by Crippen LogP contribution is 2.66. The van der Waals surface area contributed by atoms with Crippen molar-refractivity contribution in [2.24, 2.45) is 5.41 Å². The van der Waals surface area contributed by atoms with Gasteiger partial charge in [0, 0.05) is 34.5 Å². The molecule has 0 spiro atoms. The van der Waals surface area contributed by atoms with Crippen molar-refractivity contribution in [1.29, 1.82) is 0 Å². The number of morpholine rings is 1. The molecule has 3 aliphatic carbocycles. The molecule has 4 atom stereocenters. The zero-order valence-corrected chi connectivity index (χ0v) is 29.2. The van der Waals surface area contributed by atoms with Crippen molar-refractivity contribution in [3.8, 4) is 17.0 Å². The van der Waals surface area contributed by atoms with E-state index in [-0.39, 0.29) is 23.9 Å². The van der Waals surface area contributed by atoms with Crippen LogP contribution in [0.4, 0.5) is 0 Å². The van der Waals surface area contributed by atoms with Crippen molar-refractivity contribution in [3.05, 3.63) is 53.1 Å². The van der Waals surface area contributed by atoms with E-state index >= 15 is 4.79 Å². The van der Waals surface area contributed by atoms with Crippen LogP contribution < -0.4 is 9.46 Å². The van der Waals surface area contributed by atoms with Crippen LogP contribution in [-0.2, 0) is 26.1 Å². The fourth-order valence-electron chi connectivity index (χ4n) is 10.3. The summed E-state index contributed by atoms with van der Waals surface area (Å²) in [6, 6.07) is 12.3. The van der Waals surface area contributed by atoms with Crippen LogP contribution >= 0.6 is 0 Å². The Morgan fingerprint density at radius 3 is 2.37 bits per heavy atom. The Bertz CT molecular complexity index is 1920. The second-order valence-corrected chi connectivity index (χ2v) is 17.6. The predicted octanol–water partition coefficient (Wildman–Crippen LogP) is 6.63. The number of carbonyl (C=O) groups is 2. The van der Waals surface area contributed by atoms with Gasteiger partial charge in [-0.05, 0) is 98.7 Å². The van der Waals surface area contributed by atoms with E-state index in [9.17, 15) is 13.2 Å². The fraction of sp³-hybridized carbons (Fsp3) is 0.590. The van der Waals surface area contributed by atoms with Crippen LogP contribution in [0.2, 0.25) is 0 Å². The first kappa shape index (κ1) is 31.6. The van der Waals surface area contributed by atoms with Crippen molar-refractivity contribution in [1.82, 2.24) is 14.2 Å². The van der Waals surface area contributed by atoms with Crippen molar-refractivity contribution in [2.45, 2.75) is 119 Å². The highest BCUT2D eigenvalue weighted by molar-refractivity contribution is 7.90. The lowest BCUT2D eigenvalue weighted by atomic mass is 9.81. The maximum Gasteiger partial charge on any atom is 0.264 e. The maximum absolute atomic E-state index is 15.1. The Morgan fingerprint density at radius 2 is 1.63 bits per heavy atom. The third-order valence-corrected chi connectivity index (χ3v) is 14.7. The molecule has 260 valence electrons. The molecule has 2 saturated heterocycles. The van der Waals surface area contributed by atoms with Crippen LogP contribution in [0.15, 0.2) is 36.4 Å². The molecule has 3 aliphatic heterocycles. The molecule has 9 nitrogen and oxygen atoms in total. The van der Waals surface area contributed by atoms with E-state index in [0.717, 1.165) is 79.3 Å². The minimum absolute atomic E-state index is 0.0610. The van der Waals surface area contributed by atoms with Crippen LogP contribution in [0.25, 0.3) is 22.2 Å². The first-order valence-corrected chi connectivity index (χ1v) is 20.1. The molecule has 10 heteroatoms. The summed E-state index contributed by atoms with van der Waals surface area (Å²) < 4.78 is 42.8. The quantitative estimate of drug-likeness (QED) is 0.312. The van der Waals surface area contributed by atoms with Crippen LogP contribution in [0, 0.1) is 5.41 Å². The number of nitrogens with one attached hydrogen (secondary N) is 1. The minimum Gasteiger partial charge on any atom is -0.497 e. The Labute approximate surface area is 288 Å². The van der Waals surface area contributed by atoms with Gasteiger partial charge in [0.15, 0.2) is 0 Å². The van der Waals surface area contributed by atoms with E-state index in [2.05, 4.69) is 26.3 Å². The zero-order chi connectivity index (χ0) is 33.5. The number of hydrogen-bond donors (Lipinski definition) is 1. The van der Waals surface area contributed by atoms with Crippen LogP contribution in [-0.4, -0.2) is 67.4 Å². The lowest BCUT2D eigenvalue weighted by Gasteiger charge is -2.47. The topological polar surface area (TPSA) is 107 Å². The summed E-state index contributed by atoms with van der Waals surface area (Å²) in [4.78, 5) is 30.9. The van der Waals surface area contributed by atoms with Gasteiger partial charge in [-0.2, -0.15) is 0 Å². The van der Waals surface area contributed by atoms with Gasteiger partial charge < -0.3 is 18.9 Å². The Morgan fingerprint density at radius 1 is 0.898 bits per heavy atom. The van der Waals surface area contributed by atoms with Gasteiger partial charge in [-0.3, -0.25) is 9.59 Å². The van der Waals surface area contributed by atoms with Gasteiger partial charge in [0.25, 0.3) is 5.91 Å². The molecule has 2 bridgehead atoms. The largest absolute Gasteiger partial charge is 0.497 e. The smallest absolute Gasteiger partial charge is 0.264 e. The van der Waals surface area contributed by atoms with E-state index < -0.39 is 26.6 Å². The average molecular weight is 686 g/mol. The second-order valence-electron chi connectivity index (χ2n) is 15.7. The highest BCUT2D eigenvalue weighted by Gasteiger charge is 2.65. The number of hydrogen-bond acceptors (Lipinski definition) is 6. The number of rotatable bonds is 6. The molecule has 6 aliphatic rings. The standard InChI is InChI=1S/C39H47N3O6S/c1-47-28-15-17-30-32(19-28)33-20-39(33,38(44)42-26-10-7-11-27(42)22-48-21-26)23-41-34-18-25(37(43)40-49(45,46)29-12-5-6-13-29)14-16-31(34)35(36(30)41)24-8-3-2-4-9-24/h14-19,24,26-27,29,33H,2-13,20-23H2,1H3,(H,40,43)/t26-,27?,33?,39?/m1/s1. The first-order chi connectivity index (χ1) is 23.8. The van der Waals surface area contributed by atoms with Crippen LogP contribution in [0.5, 0.6) is 5.75 Å². The molecule has 2 amide bonds. The summed E-state index contributed by atoms with van der Waals surface area (Å²) in [5.41, 5.74) is 5.40. The number of ether oxygens (including phenoxy) is 2. The van der Waals surface area contributed by atoms with Crippen molar-refractivity contribution in [3.63, 3.8) is 0 Å². The van der Waals surface area contributed by atoms with E-state index in [0.29, 0.717) is 44.1 Å². The number of amides is 2. The lowest BCUT2D eigenvalue weighted by molar-refractivity contribution is -0.157. The molecule has 0 radical (unpaired) electrons. The normalized spacial score (nSPS) is 28.3. The molecule has 3 aromatic rings. The summed E-state index contributed by atoms with van der Waals surface area (Å²) in [7, 11) is -2.07. The molecule has 3 unspecified atom stereocenters. The van der Waals surface area contributed by atoms with E-state index in [4.69, 9.17) is 9.47 Å². The molecule has 4 heterocycles. The molecular formula is C39H47N3O6S. The number of piperidine rings is 1. The molecule has 9 rings (SSSR count). The number of carbonyl (C=O) groups excluding carboxylic acids is 2. The zero-order valence-electron chi connectivity index (χ0n) is 28.4. The third kappa shape index (κ3) is 5.06. The minimum atomic E-state index is -3.76. The van der Waals surface area contributed by atoms with E-state index in [1.807, 2.05) is 18.2 Å². The number of nitrogens with zero attached hydrogens (tertiary/aromatic N) is 2. The number of benzene rings is 2. The van der Waals surface area contributed by atoms with Crippen molar-refractivity contribution in [2.75, 3.05) is 20.3 Å². The monoisotopic (exact) mass is 685 g/mol. The van der Waals surface area contributed by atoms with Crippen LogP contribution in [0.1, 0.15) is 117 Å². The Balaban J connectivity index is 1.21. The van der Waals surface area contributed by atoms with Gasteiger partial charge in [0.1, 0.15) is 5.75 Å². The third-order valence-electron chi connectivity index (χ3n) is 12.9. The van der Waals surface area contributed by atoms with Gasteiger partial charge in [-0.1, -0.05) is 38.2 Å². The van der Waals surface area contributed by atoms with Crippen molar-refractivity contribution < 1.29 is 27.5 Å². The maximum atomic E-state index is 15.1. The first-order valence-electron chi connectivity index (χ1n) is 18.6. The molecule has 5 fully saturated rings. The number of fused-ring (bicyclic) bond motifs is 9. The summed E-state index contributed by atoms with van der Waals surface area (Å²) in [6.45, 7) is 1.71. The van der Waals surface area contributed by atoms with Gasteiger partial charge in [-0.15, -0.1) is 0 Å².